The van der Waals surface area contributed by atoms with Crippen molar-refractivity contribution >= 4 is 16.8 Å². The van der Waals surface area contributed by atoms with E-state index in [2.05, 4.69) is 4.98 Å². The predicted molar refractivity (Wildman–Crippen MR) is 101 cm³/mol. The van der Waals surface area contributed by atoms with Gasteiger partial charge in [0.1, 0.15) is 0 Å². The highest BCUT2D eigenvalue weighted by Gasteiger charge is 2.28. The lowest BCUT2D eigenvalue weighted by Crippen LogP contribution is -2.48. The van der Waals surface area contributed by atoms with Crippen LogP contribution in [0.4, 0.5) is 0 Å². The van der Waals surface area contributed by atoms with E-state index in [1.54, 1.807) is 12.4 Å². The van der Waals surface area contributed by atoms with E-state index in [9.17, 15) is 4.79 Å². The lowest BCUT2D eigenvalue weighted by atomic mass is 10.0. The summed E-state index contributed by atoms with van der Waals surface area (Å²) < 4.78 is 5.77. The summed E-state index contributed by atoms with van der Waals surface area (Å²) in [6, 6.07) is 13.5. The van der Waals surface area contributed by atoms with Gasteiger partial charge < -0.3 is 9.64 Å². The van der Waals surface area contributed by atoms with E-state index < -0.39 is 0 Å². The van der Waals surface area contributed by atoms with Gasteiger partial charge in [-0.15, -0.1) is 0 Å². The number of morpholine rings is 1. The summed E-state index contributed by atoms with van der Waals surface area (Å²) in [4.78, 5) is 24.0. The average molecular weight is 347 g/mol. The van der Waals surface area contributed by atoms with Crippen molar-refractivity contribution in [2.75, 3.05) is 13.1 Å². The molecule has 0 bridgehead atoms. The smallest absolute Gasteiger partial charge is 0.254 e. The maximum absolute atomic E-state index is 13.3. The zero-order valence-electron chi connectivity index (χ0n) is 14.9. The summed E-state index contributed by atoms with van der Waals surface area (Å²) in [5, 5.41) is 0.877. The molecule has 4 rings (SSSR count). The Bertz CT molecular complexity index is 932. The van der Waals surface area contributed by atoms with E-state index in [4.69, 9.17) is 9.72 Å². The highest BCUT2D eigenvalue weighted by atomic mass is 16.5. The van der Waals surface area contributed by atoms with Crippen molar-refractivity contribution in [1.82, 2.24) is 14.9 Å². The first-order chi connectivity index (χ1) is 12.6. The van der Waals surface area contributed by atoms with Crippen molar-refractivity contribution in [3.63, 3.8) is 0 Å². The summed E-state index contributed by atoms with van der Waals surface area (Å²) in [6.07, 6.45) is 3.55. The minimum absolute atomic E-state index is 0.0286. The summed E-state index contributed by atoms with van der Waals surface area (Å²) >= 11 is 0. The van der Waals surface area contributed by atoms with E-state index in [1.807, 2.05) is 61.2 Å². The quantitative estimate of drug-likeness (QED) is 0.711. The van der Waals surface area contributed by atoms with E-state index in [0.29, 0.717) is 18.7 Å². The molecule has 0 radical (unpaired) electrons. The molecule has 132 valence electrons. The van der Waals surface area contributed by atoms with Gasteiger partial charge >= 0.3 is 0 Å². The van der Waals surface area contributed by atoms with Crippen LogP contribution < -0.4 is 0 Å². The maximum Gasteiger partial charge on any atom is 0.254 e. The molecule has 0 saturated carbocycles. The Morgan fingerprint density at radius 2 is 1.77 bits per heavy atom. The van der Waals surface area contributed by atoms with Gasteiger partial charge in [-0.1, -0.05) is 18.2 Å². The van der Waals surface area contributed by atoms with Gasteiger partial charge in [-0.05, 0) is 38.1 Å². The number of ether oxygens (including phenoxy) is 1. The number of hydrogen-bond donors (Lipinski definition) is 0. The molecule has 0 spiro atoms. The van der Waals surface area contributed by atoms with Gasteiger partial charge in [0.25, 0.3) is 5.91 Å². The van der Waals surface area contributed by atoms with Crippen LogP contribution in [0.5, 0.6) is 0 Å². The molecule has 5 heteroatoms. The normalized spacial score (nSPS) is 20.3. The lowest BCUT2D eigenvalue weighted by molar-refractivity contribution is -0.0585. The summed E-state index contributed by atoms with van der Waals surface area (Å²) in [6.45, 7) is 5.21. The average Bonchev–Trinajstić information content (AvgIpc) is 2.66. The Balaban J connectivity index is 1.81. The van der Waals surface area contributed by atoms with Crippen molar-refractivity contribution in [1.29, 1.82) is 0 Å². The first kappa shape index (κ1) is 16.7. The number of carbonyl (C=O) groups is 1. The standard InChI is InChI=1S/C21H21N3O2/c1-14-12-24(13-15(2)26-14)21(25)18-11-20(16-7-9-22-10-8-16)23-19-6-4-3-5-17(18)19/h3-11,14-15H,12-13H2,1-2H3/t14-,15-/m0/s1. The Hall–Kier alpha value is -2.79. The number of fused-ring (bicyclic) bond motifs is 1. The summed E-state index contributed by atoms with van der Waals surface area (Å²) in [5.41, 5.74) is 3.23. The van der Waals surface area contributed by atoms with Gasteiger partial charge in [0, 0.05) is 36.4 Å². The maximum atomic E-state index is 13.3. The molecule has 1 amide bonds. The number of carbonyl (C=O) groups excluding carboxylic acids is 1. The predicted octanol–water partition coefficient (Wildman–Crippen LogP) is 3.55. The number of para-hydroxylation sites is 1. The van der Waals surface area contributed by atoms with Crippen LogP contribution in [0.25, 0.3) is 22.2 Å². The van der Waals surface area contributed by atoms with E-state index >= 15 is 0 Å². The molecular formula is C21H21N3O2. The Labute approximate surface area is 152 Å². The molecule has 3 aromatic rings. The van der Waals surface area contributed by atoms with Gasteiger partial charge in [-0.3, -0.25) is 9.78 Å². The zero-order chi connectivity index (χ0) is 18.1. The number of pyridine rings is 2. The largest absolute Gasteiger partial charge is 0.372 e. The third kappa shape index (κ3) is 3.18. The van der Waals surface area contributed by atoms with Gasteiger partial charge in [-0.25, -0.2) is 4.98 Å². The third-order valence-electron chi connectivity index (χ3n) is 4.63. The van der Waals surface area contributed by atoms with Crippen LogP contribution >= 0.6 is 0 Å². The van der Waals surface area contributed by atoms with Crippen LogP contribution in [-0.4, -0.2) is 46.1 Å². The van der Waals surface area contributed by atoms with Crippen molar-refractivity contribution in [2.24, 2.45) is 0 Å². The monoisotopic (exact) mass is 347 g/mol. The number of rotatable bonds is 2. The number of amides is 1. The lowest BCUT2D eigenvalue weighted by Gasteiger charge is -2.35. The molecule has 1 saturated heterocycles. The molecule has 2 aromatic heterocycles. The second kappa shape index (κ2) is 6.84. The summed E-state index contributed by atoms with van der Waals surface area (Å²) in [7, 11) is 0. The fraction of sp³-hybridized carbons (Fsp3) is 0.286. The molecule has 3 heterocycles. The van der Waals surface area contributed by atoms with E-state index in [0.717, 1.165) is 22.2 Å². The first-order valence-corrected chi connectivity index (χ1v) is 8.87. The highest BCUT2D eigenvalue weighted by molar-refractivity contribution is 6.07. The Morgan fingerprint density at radius 3 is 2.50 bits per heavy atom. The topological polar surface area (TPSA) is 55.3 Å². The number of benzene rings is 1. The molecule has 5 nitrogen and oxygen atoms in total. The van der Waals surface area contributed by atoms with Crippen molar-refractivity contribution in [2.45, 2.75) is 26.1 Å². The van der Waals surface area contributed by atoms with Crippen LogP contribution in [-0.2, 0) is 4.74 Å². The van der Waals surface area contributed by atoms with Crippen LogP contribution in [0.1, 0.15) is 24.2 Å². The minimum Gasteiger partial charge on any atom is -0.372 e. The molecule has 1 aliphatic rings. The number of nitrogens with zero attached hydrogens (tertiary/aromatic N) is 3. The molecule has 1 aromatic carbocycles. The molecule has 1 fully saturated rings. The Morgan fingerprint density at radius 1 is 1.08 bits per heavy atom. The van der Waals surface area contributed by atoms with Gasteiger partial charge in [-0.2, -0.15) is 0 Å². The highest BCUT2D eigenvalue weighted by Crippen LogP contribution is 2.26. The number of hydrogen-bond acceptors (Lipinski definition) is 4. The summed E-state index contributed by atoms with van der Waals surface area (Å²) in [5.74, 6) is 0.0286. The van der Waals surface area contributed by atoms with Crippen molar-refractivity contribution < 1.29 is 9.53 Å². The second-order valence-corrected chi connectivity index (χ2v) is 6.78. The van der Waals surface area contributed by atoms with E-state index in [1.165, 1.54) is 0 Å². The minimum atomic E-state index is 0.0286. The van der Waals surface area contributed by atoms with Gasteiger partial charge in [0.05, 0.1) is 29.0 Å². The zero-order valence-corrected chi connectivity index (χ0v) is 14.9. The molecule has 0 aliphatic carbocycles. The van der Waals surface area contributed by atoms with Gasteiger partial charge in [0.15, 0.2) is 0 Å². The molecule has 26 heavy (non-hydrogen) atoms. The molecule has 0 unspecified atom stereocenters. The first-order valence-electron chi connectivity index (χ1n) is 8.87. The number of aromatic nitrogens is 2. The van der Waals surface area contributed by atoms with Gasteiger partial charge in [0.2, 0.25) is 0 Å². The fourth-order valence-electron chi connectivity index (χ4n) is 3.54. The third-order valence-corrected chi connectivity index (χ3v) is 4.63. The van der Waals surface area contributed by atoms with E-state index in [-0.39, 0.29) is 18.1 Å². The second-order valence-electron chi connectivity index (χ2n) is 6.78. The SMILES string of the molecule is C[C@H]1CN(C(=O)c2cc(-c3ccncc3)nc3ccccc23)C[C@H](C)O1. The molecule has 2 atom stereocenters. The van der Waals surface area contributed by atoms with Crippen molar-refractivity contribution in [3.05, 3.63) is 60.4 Å². The Kier molecular flexibility index (Phi) is 4.39. The van der Waals surface area contributed by atoms with Crippen LogP contribution in [0, 0.1) is 0 Å². The molecule has 0 N–H and O–H groups in total. The molecular weight excluding hydrogens is 326 g/mol. The van der Waals surface area contributed by atoms with Crippen molar-refractivity contribution in [3.8, 4) is 11.3 Å². The van der Waals surface area contributed by atoms with Crippen LogP contribution in [0.2, 0.25) is 0 Å². The fourth-order valence-corrected chi connectivity index (χ4v) is 3.54. The van der Waals surface area contributed by atoms with Crippen LogP contribution in [0.15, 0.2) is 54.9 Å². The van der Waals surface area contributed by atoms with Crippen LogP contribution in [0.3, 0.4) is 0 Å². The molecule has 1 aliphatic heterocycles.